The zero-order chi connectivity index (χ0) is 19.4. The molecule has 140 valence electrons. The number of carboxylic acid groups (broad SMARTS) is 1. The van der Waals surface area contributed by atoms with E-state index in [9.17, 15) is 14.7 Å². The SMILES string of the molecule is Cc1nn(C)c(C)c1[C@H](C)C(=O)N(Cc1ccccc1)C[C@@H](C)C(=O)O. The molecule has 1 aromatic heterocycles. The summed E-state index contributed by atoms with van der Waals surface area (Å²) in [6, 6.07) is 9.63. The minimum Gasteiger partial charge on any atom is -0.481 e. The van der Waals surface area contributed by atoms with Crippen molar-refractivity contribution in [2.45, 2.75) is 40.2 Å². The summed E-state index contributed by atoms with van der Waals surface area (Å²) in [5, 5.41) is 13.7. The number of benzene rings is 1. The first-order valence-corrected chi connectivity index (χ1v) is 8.78. The predicted octanol–water partition coefficient (Wildman–Crippen LogP) is 2.89. The van der Waals surface area contributed by atoms with E-state index >= 15 is 0 Å². The van der Waals surface area contributed by atoms with Crippen molar-refractivity contribution in [3.05, 3.63) is 52.8 Å². The van der Waals surface area contributed by atoms with Crippen molar-refractivity contribution in [1.29, 1.82) is 0 Å². The molecule has 0 radical (unpaired) electrons. The van der Waals surface area contributed by atoms with Gasteiger partial charge in [-0.1, -0.05) is 37.3 Å². The summed E-state index contributed by atoms with van der Waals surface area (Å²) in [7, 11) is 1.86. The Bertz CT molecular complexity index is 783. The van der Waals surface area contributed by atoms with Crippen molar-refractivity contribution in [3.63, 3.8) is 0 Å². The van der Waals surface area contributed by atoms with Gasteiger partial charge in [0, 0.05) is 31.4 Å². The number of rotatable bonds is 7. The zero-order valence-corrected chi connectivity index (χ0v) is 16.1. The Morgan fingerprint density at radius 2 is 1.81 bits per heavy atom. The third kappa shape index (κ3) is 4.31. The molecule has 1 aromatic carbocycles. The molecule has 26 heavy (non-hydrogen) atoms. The summed E-state index contributed by atoms with van der Waals surface area (Å²) in [6.07, 6.45) is 0. The van der Waals surface area contributed by atoms with Crippen molar-refractivity contribution >= 4 is 11.9 Å². The molecule has 6 nitrogen and oxygen atoms in total. The lowest BCUT2D eigenvalue weighted by molar-refractivity contribution is -0.143. The van der Waals surface area contributed by atoms with E-state index in [0.717, 1.165) is 22.5 Å². The first kappa shape index (κ1) is 19.7. The van der Waals surface area contributed by atoms with Gasteiger partial charge in [-0.15, -0.1) is 0 Å². The first-order valence-electron chi connectivity index (χ1n) is 8.78. The van der Waals surface area contributed by atoms with Crippen LogP contribution in [-0.2, 0) is 23.2 Å². The van der Waals surface area contributed by atoms with Crippen LogP contribution in [0.4, 0.5) is 0 Å². The quantitative estimate of drug-likeness (QED) is 0.827. The number of aryl methyl sites for hydroxylation is 2. The smallest absolute Gasteiger partial charge is 0.308 e. The summed E-state index contributed by atoms with van der Waals surface area (Å²) in [5.41, 5.74) is 3.68. The van der Waals surface area contributed by atoms with E-state index in [0.29, 0.717) is 6.54 Å². The third-order valence-electron chi connectivity index (χ3n) is 4.81. The van der Waals surface area contributed by atoms with E-state index in [-0.39, 0.29) is 18.4 Å². The molecule has 1 heterocycles. The largest absolute Gasteiger partial charge is 0.481 e. The molecule has 2 rings (SSSR count). The molecule has 2 atom stereocenters. The molecule has 0 fully saturated rings. The van der Waals surface area contributed by atoms with Crippen LogP contribution in [-0.4, -0.2) is 38.2 Å². The van der Waals surface area contributed by atoms with Gasteiger partial charge in [0.1, 0.15) is 0 Å². The van der Waals surface area contributed by atoms with Gasteiger partial charge in [0.25, 0.3) is 0 Å². The minimum absolute atomic E-state index is 0.0823. The monoisotopic (exact) mass is 357 g/mol. The third-order valence-corrected chi connectivity index (χ3v) is 4.81. The Morgan fingerprint density at radius 1 is 1.19 bits per heavy atom. The van der Waals surface area contributed by atoms with Gasteiger partial charge in [0.05, 0.1) is 17.5 Å². The fourth-order valence-electron chi connectivity index (χ4n) is 3.26. The first-order chi connectivity index (χ1) is 12.2. The number of amides is 1. The van der Waals surface area contributed by atoms with Crippen LogP contribution in [0.15, 0.2) is 30.3 Å². The van der Waals surface area contributed by atoms with Crippen LogP contribution in [0.2, 0.25) is 0 Å². The Kier molecular flexibility index (Phi) is 6.18. The Morgan fingerprint density at radius 3 is 2.31 bits per heavy atom. The topological polar surface area (TPSA) is 75.4 Å². The highest BCUT2D eigenvalue weighted by Crippen LogP contribution is 2.26. The molecule has 0 unspecified atom stereocenters. The number of aromatic nitrogens is 2. The predicted molar refractivity (Wildman–Crippen MR) is 99.8 cm³/mol. The summed E-state index contributed by atoms with van der Waals surface area (Å²) < 4.78 is 1.77. The molecule has 1 amide bonds. The number of nitrogens with zero attached hydrogens (tertiary/aromatic N) is 3. The molecule has 0 saturated heterocycles. The van der Waals surface area contributed by atoms with E-state index in [1.54, 1.807) is 16.5 Å². The van der Waals surface area contributed by atoms with Crippen molar-refractivity contribution in [2.24, 2.45) is 13.0 Å². The van der Waals surface area contributed by atoms with Crippen LogP contribution >= 0.6 is 0 Å². The molecule has 0 aliphatic heterocycles. The fraction of sp³-hybridized carbons (Fsp3) is 0.450. The normalized spacial score (nSPS) is 13.3. The molecule has 2 aromatic rings. The highest BCUT2D eigenvalue weighted by Gasteiger charge is 2.29. The second-order valence-corrected chi connectivity index (χ2v) is 6.87. The van der Waals surface area contributed by atoms with Crippen LogP contribution in [0.1, 0.15) is 42.3 Å². The van der Waals surface area contributed by atoms with Crippen molar-refractivity contribution in [2.75, 3.05) is 6.54 Å². The fourth-order valence-corrected chi connectivity index (χ4v) is 3.26. The van der Waals surface area contributed by atoms with Gasteiger partial charge in [-0.3, -0.25) is 14.3 Å². The molecular weight excluding hydrogens is 330 g/mol. The molecular formula is C20H27N3O3. The van der Waals surface area contributed by atoms with Gasteiger partial charge < -0.3 is 10.0 Å². The van der Waals surface area contributed by atoms with E-state index in [1.165, 1.54) is 0 Å². The lowest BCUT2D eigenvalue weighted by Crippen LogP contribution is -2.39. The number of carboxylic acids is 1. The molecule has 1 N–H and O–H groups in total. The number of carbonyl (C=O) groups excluding carboxylic acids is 1. The van der Waals surface area contributed by atoms with Gasteiger partial charge in [0.2, 0.25) is 5.91 Å². The summed E-state index contributed by atoms with van der Waals surface area (Å²) in [6.45, 7) is 7.89. The molecule has 0 aliphatic carbocycles. The molecule has 0 aliphatic rings. The van der Waals surface area contributed by atoms with Gasteiger partial charge in [0.15, 0.2) is 0 Å². The van der Waals surface area contributed by atoms with E-state index in [1.807, 2.05) is 58.2 Å². The van der Waals surface area contributed by atoms with Crippen molar-refractivity contribution < 1.29 is 14.7 Å². The van der Waals surface area contributed by atoms with E-state index in [2.05, 4.69) is 5.10 Å². The maximum atomic E-state index is 13.2. The maximum absolute atomic E-state index is 13.2. The van der Waals surface area contributed by atoms with Crippen LogP contribution < -0.4 is 0 Å². The van der Waals surface area contributed by atoms with Gasteiger partial charge in [-0.05, 0) is 26.3 Å². The lowest BCUT2D eigenvalue weighted by Gasteiger charge is -2.28. The number of hydrogen-bond donors (Lipinski definition) is 1. The standard InChI is InChI=1S/C20H27N3O3/c1-13(20(25)26)11-23(12-17-9-7-6-8-10-17)19(24)14(2)18-15(3)21-22(5)16(18)4/h6-10,13-14H,11-12H2,1-5H3,(H,25,26)/t13-,14+/m1/s1. The second kappa shape index (κ2) is 8.17. The summed E-state index contributed by atoms with van der Waals surface area (Å²) >= 11 is 0. The molecule has 6 heteroatoms. The van der Waals surface area contributed by atoms with Crippen LogP contribution in [0.3, 0.4) is 0 Å². The molecule has 0 spiro atoms. The highest BCUT2D eigenvalue weighted by atomic mass is 16.4. The van der Waals surface area contributed by atoms with Crippen LogP contribution in [0, 0.1) is 19.8 Å². The highest BCUT2D eigenvalue weighted by molar-refractivity contribution is 5.84. The van der Waals surface area contributed by atoms with Crippen molar-refractivity contribution in [3.8, 4) is 0 Å². The Hall–Kier alpha value is -2.63. The average molecular weight is 357 g/mol. The second-order valence-electron chi connectivity index (χ2n) is 6.87. The van der Waals surface area contributed by atoms with Crippen LogP contribution in [0.25, 0.3) is 0 Å². The van der Waals surface area contributed by atoms with Gasteiger partial charge >= 0.3 is 5.97 Å². The van der Waals surface area contributed by atoms with Crippen molar-refractivity contribution in [1.82, 2.24) is 14.7 Å². The lowest BCUT2D eigenvalue weighted by atomic mass is 9.96. The summed E-state index contributed by atoms with van der Waals surface area (Å²) in [5.74, 6) is -2.00. The zero-order valence-electron chi connectivity index (χ0n) is 16.1. The van der Waals surface area contributed by atoms with Gasteiger partial charge in [-0.2, -0.15) is 5.10 Å². The maximum Gasteiger partial charge on any atom is 0.308 e. The molecule has 0 bridgehead atoms. The minimum atomic E-state index is -0.905. The molecule has 0 saturated carbocycles. The number of carbonyl (C=O) groups is 2. The number of aliphatic carboxylic acids is 1. The Labute approximate surface area is 154 Å². The van der Waals surface area contributed by atoms with Crippen LogP contribution in [0.5, 0.6) is 0 Å². The Balaban J connectivity index is 2.30. The van der Waals surface area contributed by atoms with E-state index < -0.39 is 11.9 Å². The number of hydrogen-bond acceptors (Lipinski definition) is 3. The van der Waals surface area contributed by atoms with Gasteiger partial charge in [-0.25, -0.2) is 0 Å². The summed E-state index contributed by atoms with van der Waals surface area (Å²) in [4.78, 5) is 26.2. The van der Waals surface area contributed by atoms with E-state index in [4.69, 9.17) is 0 Å². The average Bonchev–Trinajstić information content (AvgIpc) is 2.86.